The molecular formula is C16H10F3N3O4S. The molecule has 0 bridgehead atoms. The van der Waals surface area contributed by atoms with Crippen molar-refractivity contribution in [2.75, 3.05) is 12.8 Å². The van der Waals surface area contributed by atoms with Crippen LogP contribution in [0, 0.1) is 10.1 Å². The maximum atomic E-state index is 13.6. The molecule has 0 radical (unpaired) electrons. The maximum Gasteiger partial charge on any atom is 0.417 e. The van der Waals surface area contributed by atoms with Crippen LogP contribution in [-0.4, -0.2) is 23.0 Å². The summed E-state index contributed by atoms with van der Waals surface area (Å²) in [6.07, 6.45) is -4.75. The predicted octanol–water partition coefficient (Wildman–Crippen LogP) is 4.26. The number of anilines is 1. The second-order valence-corrected chi connectivity index (χ2v) is 6.37. The maximum absolute atomic E-state index is 13.6. The Morgan fingerprint density at radius 3 is 2.44 bits per heavy atom. The van der Waals surface area contributed by atoms with Crippen LogP contribution < -0.4 is 5.73 Å². The minimum Gasteiger partial charge on any atom is -0.465 e. The zero-order valence-corrected chi connectivity index (χ0v) is 14.4. The SMILES string of the molecule is COC(=O)c1sc2nc(-c3ccc([N+](=O)[O-])cc3)cc(C(F)(F)F)c2c1N. The molecule has 1 aromatic carbocycles. The molecular weight excluding hydrogens is 387 g/mol. The van der Waals surface area contributed by atoms with E-state index >= 15 is 0 Å². The quantitative estimate of drug-likeness (QED) is 0.402. The number of alkyl halides is 3. The number of nitrogen functional groups attached to an aromatic ring is 1. The van der Waals surface area contributed by atoms with E-state index in [1.54, 1.807) is 0 Å². The van der Waals surface area contributed by atoms with Crippen LogP contribution in [0.4, 0.5) is 24.5 Å². The van der Waals surface area contributed by atoms with Gasteiger partial charge in [-0.05, 0) is 18.2 Å². The second-order valence-electron chi connectivity index (χ2n) is 5.37. The molecule has 2 heterocycles. The van der Waals surface area contributed by atoms with Crippen LogP contribution >= 0.6 is 11.3 Å². The highest BCUT2D eigenvalue weighted by Gasteiger charge is 2.36. The predicted molar refractivity (Wildman–Crippen MR) is 92.5 cm³/mol. The number of aromatic nitrogens is 1. The van der Waals surface area contributed by atoms with Crippen LogP contribution in [0.1, 0.15) is 15.2 Å². The number of rotatable bonds is 3. The van der Waals surface area contributed by atoms with E-state index in [-0.39, 0.29) is 37.7 Å². The monoisotopic (exact) mass is 397 g/mol. The molecule has 2 N–H and O–H groups in total. The molecule has 7 nitrogen and oxygen atoms in total. The number of hydrogen-bond acceptors (Lipinski definition) is 7. The Hall–Kier alpha value is -3.21. The van der Waals surface area contributed by atoms with Gasteiger partial charge in [-0.1, -0.05) is 0 Å². The van der Waals surface area contributed by atoms with Crippen LogP contribution in [0.25, 0.3) is 21.5 Å². The largest absolute Gasteiger partial charge is 0.465 e. The smallest absolute Gasteiger partial charge is 0.417 e. The molecule has 0 aliphatic heterocycles. The van der Waals surface area contributed by atoms with Gasteiger partial charge >= 0.3 is 12.1 Å². The fraction of sp³-hybridized carbons (Fsp3) is 0.125. The van der Waals surface area contributed by atoms with Crippen molar-refractivity contribution in [3.05, 3.63) is 50.9 Å². The van der Waals surface area contributed by atoms with E-state index in [2.05, 4.69) is 9.72 Å². The fourth-order valence-corrected chi connectivity index (χ4v) is 3.53. The summed E-state index contributed by atoms with van der Waals surface area (Å²) in [4.78, 5) is 25.8. The molecule has 0 amide bonds. The number of carbonyl (C=O) groups is 1. The average molecular weight is 397 g/mol. The average Bonchev–Trinajstić information content (AvgIpc) is 2.96. The zero-order chi connectivity index (χ0) is 19.9. The molecule has 0 spiro atoms. The molecule has 11 heteroatoms. The molecule has 3 rings (SSSR count). The molecule has 0 saturated heterocycles. The molecule has 0 saturated carbocycles. The third-order valence-corrected chi connectivity index (χ3v) is 4.83. The Kier molecular flexibility index (Phi) is 4.47. The number of methoxy groups -OCH3 is 1. The van der Waals surface area contributed by atoms with Gasteiger partial charge in [0.05, 0.1) is 29.0 Å². The Bertz CT molecular complexity index is 1060. The van der Waals surface area contributed by atoms with Crippen molar-refractivity contribution in [1.29, 1.82) is 0 Å². The number of benzene rings is 1. The first kappa shape index (κ1) is 18.6. The summed E-state index contributed by atoms with van der Waals surface area (Å²) in [6, 6.07) is 5.72. The Morgan fingerprint density at radius 1 is 1.30 bits per heavy atom. The van der Waals surface area contributed by atoms with Gasteiger partial charge in [-0.3, -0.25) is 10.1 Å². The van der Waals surface area contributed by atoms with E-state index in [4.69, 9.17) is 5.73 Å². The summed E-state index contributed by atoms with van der Waals surface area (Å²) in [5.41, 5.74) is 4.34. The van der Waals surface area contributed by atoms with Crippen LogP contribution in [0.15, 0.2) is 30.3 Å². The number of nitrogens with zero attached hydrogens (tertiary/aromatic N) is 2. The molecule has 0 fully saturated rings. The van der Waals surface area contributed by atoms with Gasteiger partial charge in [-0.2, -0.15) is 13.2 Å². The lowest BCUT2D eigenvalue weighted by atomic mass is 10.1. The highest BCUT2D eigenvalue weighted by atomic mass is 32.1. The summed E-state index contributed by atoms with van der Waals surface area (Å²) < 4.78 is 45.3. The van der Waals surface area contributed by atoms with Crippen molar-refractivity contribution in [2.24, 2.45) is 0 Å². The molecule has 0 unspecified atom stereocenters. The number of thiophene rings is 1. The van der Waals surface area contributed by atoms with Crippen LogP contribution in [-0.2, 0) is 10.9 Å². The summed E-state index contributed by atoms with van der Waals surface area (Å²) in [7, 11) is 1.09. The molecule has 0 atom stereocenters. The van der Waals surface area contributed by atoms with Gasteiger partial charge in [-0.25, -0.2) is 9.78 Å². The van der Waals surface area contributed by atoms with Crippen LogP contribution in [0.3, 0.4) is 0 Å². The highest BCUT2D eigenvalue weighted by Crippen LogP contribution is 2.43. The fourth-order valence-electron chi connectivity index (χ4n) is 2.49. The van der Waals surface area contributed by atoms with Gasteiger partial charge in [0.2, 0.25) is 0 Å². The summed E-state index contributed by atoms with van der Waals surface area (Å²) >= 11 is 0.685. The Labute approximate surface area is 153 Å². The van der Waals surface area contributed by atoms with Crippen LogP contribution in [0.2, 0.25) is 0 Å². The zero-order valence-electron chi connectivity index (χ0n) is 13.5. The number of ether oxygens (including phenoxy) is 1. The summed E-state index contributed by atoms with van der Waals surface area (Å²) in [5, 5.41) is 10.4. The topological polar surface area (TPSA) is 108 Å². The third kappa shape index (κ3) is 3.28. The van der Waals surface area contributed by atoms with Gasteiger partial charge in [0.1, 0.15) is 9.71 Å². The first-order valence-electron chi connectivity index (χ1n) is 7.27. The first-order chi connectivity index (χ1) is 12.6. The van der Waals surface area contributed by atoms with E-state index in [1.165, 1.54) is 12.1 Å². The van der Waals surface area contributed by atoms with Crippen molar-refractivity contribution >= 4 is 38.9 Å². The standard InChI is InChI=1S/C16H10F3N3O4S/c1-26-15(23)13-12(20)11-9(16(17,18)19)6-10(21-14(11)27-13)7-2-4-8(5-3-7)22(24)25/h2-6H,20H2,1H3. The number of pyridine rings is 1. The molecule has 140 valence electrons. The molecule has 0 aliphatic rings. The molecule has 3 aromatic rings. The van der Waals surface area contributed by atoms with Crippen molar-refractivity contribution in [1.82, 2.24) is 4.98 Å². The van der Waals surface area contributed by atoms with Gasteiger partial charge in [0.15, 0.2) is 0 Å². The Morgan fingerprint density at radius 2 is 1.93 bits per heavy atom. The number of hydrogen-bond donors (Lipinski definition) is 1. The first-order valence-corrected chi connectivity index (χ1v) is 8.08. The Balaban J connectivity index is 2.26. The molecule has 27 heavy (non-hydrogen) atoms. The number of non-ortho nitro benzene ring substituents is 1. The normalized spacial score (nSPS) is 11.6. The van der Waals surface area contributed by atoms with E-state index in [9.17, 15) is 28.1 Å². The van der Waals surface area contributed by atoms with Crippen molar-refractivity contribution in [3.8, 4) is 11.3 Å². The van der Waals surface area contributed by atoms with Gasteiger partial charge < -0.3 is 10.5 Å². The minimum atomic E-state index is -4.75. The van der Waals surface area contributed by atoms with E-state index in [0.717, 1.165) is 25.3 Å². The molecule has 0 aliphatic carbocycles. The third-order valence-electron chi connectivity index (χ3n) is 3.75. The van der Waals surface area contributed by atoms with Crippen LogP contribution in [0.5, 0.6) is 0 Å². The minimum absolute atomic E-state index is 0.0533. The van der Waals surface area contributed by atoms with E-state index in [1.807, 2.05) is 0 Å². The number of fused-ring (bicyclic) bond motifs is 1. The number of esters is 1. The summed E-state index contributed by atoms with van der Waals surface area (Å²) in [5.74, 6) is -0.861. The van der Waals surface area contributed by atoms with Gasteiger partial charge in [0, 0.05) is 23.1 Å². The van der Waals surface area contributed by atoms with Crippen molar-refractivity contribution in [3.63, 3.8) is 0 Å². The lowest BCUT2D eigenvalue weighted by Crippen LogP contribution is -2.08. The van der Waals surface area contributed by atoms with Gasteiger partial charge in [-0.15, -0.1) is 11.3 Å². The number of nitrogens with two attached hydrogens (primary N) is 1. The highest BCUT2D eigenvalue weighted by molar-refractivity contribution is 7.21. The number of halogens is 3. The lowest BCUT2D eigenvalue weighted by Gasteiger charge is -2.11. The van der Waals surface area contributed by atoms with Crippen molar-refractivity contribution in [2.45, 2.75) is 6.18 Å². The second kappa shape index (κ2) is 6.50. The van der Waals surface area contributed by atoms with E-state index in [0.29, 0.717) is 11.3 Å². The van der Waals surface area contributed by atoms with E-state index < -0.39 is 22.6 Å². The number of nitro benzene ring substituents is 1. The molecule has 2 aromatic heterocycles. The van der Waals surface area contributed by atoms with Gasteiger partial charge in [0.25, 0.3) is 5.69 Å². The summed E-state index contributed by atoms with van der Waals surface area (Å²) in [6.45, 7) is 0. The number of nitro groups is 1. The number of carbonyl (C=O) groups excluding carboxylic acids is 1. The lowest BCUT2D eigenvalue weighted by molar-refractivity contribution is -0.384. The van der Waals surface area contributed by atoms with Crippen molar-refractivity contribution < 1.29 is 27.6 Å².